The fraction of sp³-hybridized carbons (Fsp3) is 0.318. The van der Waals surface area contributed by atoms with Crippen LogP contribution < -0.4 is 15.4 Å². The van der Waals surface area contributed by atoms with Gasteiger partial charge in [-0.15, -0.1) is 0 Å². The zero-order chi connectivity index (χ0) is 23.1. The van der Waals surface area contributed by atoms with Crippen LogP contribution in [0, 0.1) is 16.0 Å². The van der Waals surface area contributed by atoms with Gasteiger partial charge in [-0.2, -0.15) is 0 Å². The Morgan fingerprint density at radius 1 is 1.12 bits per heavy atom. The van der Waals surface area contributed by atoms with Gasteiger partial charge in [0.15, 0.2) is 0 Å². The van der Waals surface area contributed by atoms with Gasteiger partial charge in [0.25, 0.3) is 11.6 Å². The molecule has 0 spiro atoms. The second kappa shape index (κ2) is 10.4. The maximum atomic E-state index is 12.9. The van der Waals surface area contributed by atoms with E-state index in [1.165, 1.54) is 29.2 Å². The third kappa shape index (κ3) is 6.53. The number of carbonyl (C=O) groups excluding carboxylic acids is 3. The van der Waals surface area contributed by atoms with Crippen molar-refractivity contribution < 1.29 is 24.0 Å². The summed E-state index contributed by atoms with van der Waals surface area (Å²) in [7, 11) is 1.54. The van der Waals surface area contributed by atoms with Crippen LogP contribution in [0.3, 0.4) is 0 Å². The number of methoxy groups -OCH3 is 1. The van der Waals surface area contributed by atoms with Gasteiger partial charge >= 0.3 is 0 Å². The van der Waals surface area contributed by atoms with Crippen LogP contribution in [0.25, 0.3) is 0 Å². The number of benzene rings is 2. The Kier molecular flexibility index (Phi) is 7.37. The molecule has 0 heterocycles. The lowest BCUT2D eigenvalue weighted by Gasteiger charge is -2.22. The second-order valence-corrected chi connectivity index (χ2v) is 7.49. The number of anilines is 1. The molecule has 0 atom stereocenters. The molecule has 2 aromatic rings. The van der Waals surface area contributed by atoms with E-state index in [1.54, 1.807) is 31.4 Å². The van der Waals surface area contributed by atoms with E-state index in [9.17, 15) is 24.5 Å². The number of nitrogens with one attached hydrogen (secondary N) is 2. The molecule has 3 amide bonds. The largest absolute Gasteiger partial charge is 0.497 e. The van der Waals surface area contributed by atoms with Crippen molar-refractivity contribution in [3.63, 3.8) is 0 Å². The van der Waals surface area contributed by atoms with Gasteiger partial charge in [0, 0.05) is 29.9 Å². The molecule has 1 fully saturated rings. The summed E-state index contributed by atoms with van der Waals surface area (Å²) in [4.78, 5) is 49.2. The van der Waals surface area contributed by atoms with Crippen LogP contribution in [-0.4, -0.2) is 54.3 Å². The molecule has 2 aromatic carbocycles. The summed E-state index contributed by atoms with van der Waals surface area (Å²) >= 11 is 0. The Bertz CT molecular complexity index is 1000. The molecule has 10 nitrogen and oxygen atoms in total. The number of carbonyl (C=O) groups is 3. The van der Waals surface area contributed by atoms with Crippen molar-refractivity contribution in [2.45, 2.75) is 12.8 Å². The number of nitro groups is 1. The van der Waals surface area contributed by atoms with Gasteiger partial charge in [0.1, 0.15) is 5.75 Å². The monoisotopic (exact) mass is 440 g/mol. The molecule has 0 bridgehead atoms. The van der Waals surface area contributed by atoms with Crippen LogP contribution in [0.5, 0.6) is 5.75 Å². The van der Waals surface area contributed by atoms with Gasteiger partial charge in [-0.05, 0) is 49.1 Å². The van der Waals surface area contributed by atoms with Crippen molar-refractivity contribution in [3.8, 4) is 5.75 Å². The van der Waals surface area contributed by atoms with Gasteiger partial charge in [-0.1, -0.05) is 6.07 Å². The van der Waals surface area contributed by atoms with E-state index in [4.69, 9.17) is 4.74 Å². The highest BCUT2D eigenvalue weighted by Crippen LogP contribution is 2.30. The first-order valence-electron chi connectivity index (χ1n) is 10.1. The fourth-order valence-electron chi connectivity index (χ4n) is 3.05. The van der Waals surface area contributed by atoms with Crippen molar-refractivity contribution in [1.82, 2.24) is 10.2 Å². The minimum absolute atomic E-state index is 0.143. The molecule has 0 unspecified atom stereocenters. The zero-order valence-electron chi connectivity index (χ0n) is 17.6. The number of nitrogens with zero attached hydrogens (tertiary/aromatic N) is 2. The Hall–Kier alpha value is -3.95. The van der Waals surface area contributed by atoms with E-state index in [0.29, 0.717) is 23.9 Å². The third-order valence-corrected chi connectivity index (χ3v) is 4.92. The topological polar surface area (TPSA) is 131 Å². The van der Waals surface area contributed by atoms with Gasteiger partial charge in [0.05, 0.1) is 25.1 Å². The summed E-state index contributed by atoms with van der Waals surface area (Å²) < 4.78 is 5.06. The lowest BCUT2D eigenvalue weighted by atomic mass is 10.1. The third-order valence-electron chi connectivity index (χ3n) is 4.92. The SMILES string of the molecule is COc1ccc(NC(=O)CNC(=O)CN(CC2CC2)C(=O)c2cccc([N+](=O)[O-])c2)cc1. The quantitative estimate of drug-likeness (QED) is 0.430. The van der Waals surface area contributed by atoms with Crippen LogP contribution in [0.15, 0.2) is 48.5 Å². The van der Waals surface area contributed by atoms with Gasteiger partial charge in [-0.25, -0.2) is 0 Å². The minimum Gasteiger partial charge on any atom is -0.497 e. The molecule has 1 saturated carbocycles. The molecule has 0 radical (unpaired) electrons. The first kappa shape index (κ1) is 22.7. The maximum Gasteiger partial charge on any atom is 0.270 e. The summed E-state index contributed by atoms with van der Waals surface area (Å²) in [6.45, 7) is -0.117. The number of non-ortho nitro benzene ring substituents is 1. The Morgan fingerprint density at radius 2 is 1.84 bits per heavy atom. The van der Waals surface area contributed by atoms with Crippen LogP contribution in [0.2, 0.25) is 0 Å². The molecule has 0 aliphatic heterocycles. The van der Waals surface area contributed by atoms with Gasteiger partial charge in [0.2, 0.25) is 11.8 Å². The number of nitro benzene ring substituents is 1. The average Bonchev–Trinajstić information content (AvgIpc) is 3.61. The maximum absolute atomic E-state index is 12.9. The van der Waals surface area contributed by atoms with E-state index < -0.39 is 22.6 Å². The van der Waals surface area contributed by atoms with Crippen molar-refractivity contribution in [2.75, 3.05) is 32.1 Å². The molecule has 10 heteroatoms. The number of rotatable bonds is 10. The summed E-state index contributed by atoms with van der Waals surface area (Å²) in [5, 5.41) is 16.2. The fourth-order valence-corrected chi connectivity index (χ4v) is 3.05. The Labute approximate surface area is 184 Å². The predicted molar refractivity (Wildman–Crippen MR) is 116 cm³/mol. The number of ether oxygens (including phenoxy) is 1. The average molecular weight is 440 g/mol. The summed E-state index contributed by atoms with van der Waals surface area (Å²) in [6, 6.07) is 12.2. The highest BCUT2D eigenvalue weighted by atomic mass is 16.6. The van der Waals surface area contributed by atoms with Crippen LogP contribution in [0.4, 0.5) is 11.4 Å². The van der Waals surface area contributed by atoms with E-state index in [2.05, 4.69) is 10.6 Å². The molecule has 1 aliphatic rings. The smallest absolute Gasteiger partial charge is 0.270 e. The number of hydrogen-bond acceptors (Lipinski definition) is 6. The van der Waals surface area contributed by atoms with Crippen molar-refractivity contribution in [2.24, 2.45) is 5.92 Å². The van der Waals surface area contributed by atoms with Crippen molar-refractivity contribution in [3.05, 3.63) is 64.2 Å². The predicted octanol–water partition coefficient (Wildman–Crippen LogP) is 2.21. The molecule has 168 valence electrons. The number of hydrogen-bond donors (Lipinski definition) is 2. The lowest BCUT2D eigenvalue weighted by Crippen LogP contribution is -2.43. The van der Waals surface area contributed by atoms with E-state index in [-0.39, 0.29) is 24.3 Å². The molecule has 0 aromatic heterocycles. The standard InChI is InChI=1S/C22H24N4O6/c1-32-19-9-7-17(8-10-19)24-20(27)12-23-21(28)14-25(13-15-5-6-15)22(29)16-3-2-4-18(11-16)26(30)31/h2-4,7-11,15H,5-6,12-14H2,1H3,(H,23,28)(H,24,27). The lowest BCUT2D eigenvalue weighted by molar-refractivity contribution is -0.384. The summed E-state index contributed by atoms with van der Waals surface area (Å²) in [5.74, 6) is -0.403. The van der Waals surface area contributed by atoms with Gasteiger partial charge in [-0.3, -0.25) is 24.5 Å². The van der Waals surface area contributed by atoms with Crippen LogP contribution in [-0.2, 0) is 9.59 Å². The zero-order valence-corrected chi connectivity index (χ0v) is 17.6. The molecule has 0 saturated heterocycles. The highest BCUT2D eigenvalue weighted by Gasteiger charge is 2.29. The second-order valence-electron chi connectivity index (χ2n) is 7.49. The summed E-state index contributed by atoms with van der Waals surface area (Å²) in [5.41, 5.74) is 0.507. The first-order valence-corrected chi connectivity index (χ1v) is 10.1. The molecule has 1 aliphatic carbocycles. The minimum atomic E-state index is -0.573. The molecule has 32 heavy (non-hydrogen) atoms. The summed E-state index contributed by atoms with van der Waals surface area (Å²) in [6.07, 6.45) is 1.93. The van der Waals surface area contributed by atoms with E-state index >= 15 is 0 Å². The Balaban J connectivity index is 1.56. The molecular formula is C22H24N4O6. The Morgan fingerprint density at radius 3 is 2.47 bits per heavy atom. The van der Waals surface area contributed by atoms with Crippen LogP contribution >= 0.6 is 0 Å². The van der Waals surface area contributed by atoms with Crippen molar-refractivity contribution >= 4 is 29.1 Å². The van der Waals surface area contributed by atoms with Gasteiger partial charge < -0.3 is 20.3 Å². The molecule has 2 N–H and O–H groups in total. The molecule has 3 rings (SSSR count). The van der Waals surface area contributed by atoms with E-state index in [1.807, 2.05) is 0 Å². The van der Waals surface area contributed by atoms with Crippen molar-refractivity contribution in [1.29, 1.82) is 0 Å². The normalized spacial score (nSPS) is 12.5. The highest BCUT2D eigenvalue weighted by molar-refractivity contribution is 5.98. The number of amides is 3. The van der Waals surface area contributed by atoms with E-state index in [0.717, 1.165) is 12.8 Å². The van der Waals surface area contributed by atoms with Crippen LogP contribution in [0.1, 0.15) is 23.2 Å². The first-order chi connectivity index (χ1) is 15.4. The molecular weight excluding hydrogens is 416 g/mol.